The van der Waals surface area contributed by atoms with Crippen LogP contribution in [0.3, 0.4) is 0 Å². The average Bonchev–Trinajstić information content (AvgIpc) is 3.61. The molecular formula is C41H33N3O4S. The minimum absolute atomic E-state index is 0.0123. The summed E-state index contributed by atoms with van der Waals surface area (Å²) in [5.74, 6) is -0.0580. The number of furan rings is 1. The molecule has 1 aromatic heterocycles. The third kappa shape index (κ3) is 8.62. The first-order chi connectivity index (χ1) is 23.9. The van der Waals surface area contributed by atoms with Gasteiger partial charge in [0.2, 0.25) is 5.91 Å². The van der Waals surface area contributed by atoms with Gasteiger partial charge in [0, 0.05) is 33.5 Å². The number of anilines is 2. The van der Waals surface area contributed by atoms with Gasteiger partial charge in [0.05, 0.1) is 0 Å². The van der Waals surface area contributed by atoms with E-state index in [0.29, 0.717) is 22.8 Å². The number of carbonyl (C=O) groups excluding carboxylic acids is 3. The molecule has 0 saturated carbocycles. The summed E-state index contributed by atoms with van der Waals surface area (Å²) in [6.45, 7) is 1.96. The molecule has 0 unspecified atom stereocenters. The van der Waals surface area contributed by atoms with E-state index in [4.69, 9.17) is 4.42 Å². The fourth-order valence-electron chi connectivity index (χ4n) is 5.04. The minimum Gasteiger partial charge on any atom is -0.457 e. The molecule has 0 saturated heterocycles. The fourth-order valence-corrected chi connectivity index (χ4v) is 6.06. The minimum atomic E-state index is -0.526. The Morgan fingerprint density at radius 2 is 1.31 bits per heavy atom. The summed E-state index contributed by atoms with van der Waals surface area (Å²) in [5.41, 5.74) is 4.43. The Labute approximate surface area is 289 Å². The molecule has 5 aromatic carbocycles. The van der Waals surface area contributed by atoms with Crippen LogP contribution in [-0.4, -0.2) is 17.7 Å². The van der Waals surface area contributed by atoms with Gasteiger partial charge in [0.15, 0.2) is 0 Å². The second-order valence-corrected chi connectivity index (χ2v) is 12.3. The van der Waals surface area contributed by atoms with Crippen LogP contribution in [0.1, 0.15) is 32.5 Å². The third-order valence-corrected chi connectivity index (χ3v) is 8.88. The first-order valence-corrected chi connectivity index (χ1v) is 16.5. The zero-order valence-electron chi connectivity index (χ0n) is 26.6. The van der Waals surface area contributed by atoms with Crippen molar-refractivity contribution in [3.05, 3.63) is 180 Å². The highest BCUT2D eigenvalue weighted by atomic mass is 32.2. The number of hydrogen-bond acceptors (Lipinski definition) is 5. The summed E-state index contributed by atoms with van der Waals surface area (Å²) in [4.78, 5) is 41.1. The number of para-hydroxylation sites is 1. The molecule has 0 aliphatic carbocycles. The van der Waals surface area contributed by atoms with E-state index in [0.717, 1.165) is 27.3 Å². The maximum Gasteiger partial charge on any atom is 0.272 e. The highest BCUT2D eigenvalue weighted by Crippen LogP contribution is 2.37. The predicted molar refractivity (Wildman–Crippen MR) is 196 cm³/mol. The van der Waals surface area contributed by atoms with Crippen LogP contribution in [0.2, 0.25) is 0 Å². The van der Waals surface area contributed by atoms with Gasteiger partial charge < -0.3 is 20.4 Å². The Balaban J connectivity index is 1.20. The lowest BCUT2D eigenvalue weighted by molar-refractivity contribution is -0.116. The Morgan fingerprint density at radius 3 is 2.00 bits per heavy atom. The van der Waals surface area contributed by atoms with Gasteiger partial charge in [-0.05, 0) is 72.6 Å². The van der Waals surface area contributed by atoms with Crippen molar-refractivity contribution in [2.45, 2.75) is 17.1 Å². The molecule has 7 nitrogen and oxygen atoms in total. The standard InChI is InChI=1S/C41H33N3O4S/c1-28-13-11-12-20-35(28)43-41(47)38(30-16-7-3-8-17-30)49-34-24-21-32(22-25-34)42-40(46)36(44-39(45)31-18-9-4-10-19-31)27-33-23-26-37(48-33)29-14-5-2-6-15-29/h2-27,38H,1H3,(H,42,46)(H,43,47)(H,44,45)/b36-27+/t38-/m1/s1. The van der Waals surface area contributed by atoms with Crippen LogP contribution in [-0.2, 0) is 9.59 Å². The molecule has 0 spiro atoms. The van der Waals surface area contributed by atoms with Crippen LogP contribution in [0.25, 0.3) is 17.4 Å². The van der Waals surface area contributed by atoms with Gasteiger partial charge >= 0.3 is 0 Å². The van der Waals surface area contributed by atoms with Gasteiger partial charge in [0.25, 0.3) is 11.8 Å². The summed E-state index contributed by atoms with van der Waals surface area (Å²) < 4.78 is 6.00. The van der Waals surface area contributed by atoms with E-state index in [1.54, 1.807) is 42.5 Å². The van der Waals surface area contributed by atoms with E-state index in [2.05, 4.69) is 16.0 Å². The average molecular weight is 664 g/mol. The molecule has 242 valence electrons. The van der Waals surface area contributed by atoms with E-state index in [1.807, 2.05) is 116 Å². The number of thioether (sulfide) groups is 1. The van der Waals surface area contributed by atoms with Crippen LogP contribution < -0.4 is 16.0 Å². The van der Waals surface area contributed by atoms with Crippen molar-refractivity contribution >= 4 is 46.9 Å². The van der Waals surface area contributed by atoms with Gasteiger partial charge in [-0.1, -0.05) is 97.1 Å². The first kappa shape index (κ1) is 32.8. The Morgan fingerprint density at radius 1 is 0.673 bits per heavy atom. The number of aryl methyl sites for hydroxylation is 1. The summed E-state index contributed by atoms with van der Waals surface area (Å²) in [7, 11) is 0. The maximum absolute atomic E-state index is 13.6. The zero-order chi connectivity index (χ0) is 34.0. The molecule has 0 radical (unpaired) electrons. The molecule has 3 amide bonds. The van der Waals surface area contributed by atoms with Gasteiger partial charge in [-0.25, -0.2) is 0 Å². The van der Waals surface area contributed by atoms with Crippen LogP contribution in [0.5, 0.6) is 0 Å². The number of benzene rings is 5. The molecule has 0 bridgehead atoms. The molecule has 0 aliphatic heterocycles. The molecular weight excluding hydrogens is 631 g/mol. The quantitative estimate of drug-likeness (QED) is 0.0948. The number of amides is 3. The van der Waals surface area contributed by atoms with Crippen molar-refractivity contribution in [3.8, 4) is 11.3 Å². The van der Waals surface area contributed by atoms with Crippen LogP contribution >= 0.6 is 11.8 Å². The van der Waals surface area contributed by atoms with E-state index in [1.165, 1.54) is 17.8 Å². The van der Waals surface area contributed by atoms with Crippen LogP contribution in [0.4, 0.5) is 11.4 Å². The first-order valence-electron chi connectivity index (χ1n) is 15.7. The smallest absolute Gasteiger partial charge is 0.272 e. The van der Waals surface area contributed by atoms with Crippen LogP contribution in [0.15, 0.2) is 167 Å². The van der Waals surface area contributed by atoms with Crippen LogP contribution in [0, 0.1) is 6.92 Å². The molecule has 1 atom stereocenters. The molecule has 1 heterocycles. The molecule has 0 aliphatic rings. The number of carbonyl (C=O) groups is 3. The second-order valence-electron chi connectivity index (χ2n) is 11.1. The summed E-state index contributed by atoms with van der Waals surface area (Å²) >= 11 is 1.41. The van der Waals surface area contributed by atoms with Gasteiger partial charge in [-0.3, -0.25) is 14.4 Å². The Hall–Kier alpha value is -6.12. The number of nitrogens with one attached hydrogen (secondary N) is 3. The lowest BCUT2D eigenvalue weighted by Crippen LogP contribution is -2.30. The lowest BCUT2D eigenvalue weighted by atomic mass is 10.1. The van der Waals surface area contributed by atoms with E-state index < -0.39 is 17.1 Å². The number of hydrogen-bond donors (Lipinski definition) is 3. The molecule has 8 heteroatoms. The van der Waals surface area contributed by atoms with Crippen molar-refractivity contribution in [1.29, 1.82) is 0 Å². The fraction of sp³-hybridized carbons (Fsp3) is 0.0488. The monoisotopic (exact) mass is 663 g/mol. The summed E-state index contributed by atoms with van der Waals surface area (Å²) in [5, 5.41) is 8.18. The molecule has 6 aromatic rings. The molecule has 6 rings (SSSR count). The third-order valence-electron chi connectivity index (χ3n) is 7.61. The Bertz CT molecular complexity index is 2080. The van der Waals surface area contributed by atoms with E-state index in [-0.39, 0.29) is 11.6 Å². The topological polar surface area (TPSA) is 100 Å². The van der Waals surface area contributed by atoms with Crippen molar-refractivity contribution < 1.29 is 18.8 Å². The Kier molecular flexibility index (Phi) is 10.5. The largest absolute Gasteiger partial charge is 0.457 e. The normalized spacial score (nSPS) is 11.7. The predicted octanol–water partition coefficient (Wildman–Crippen LogP) is 9.14. The lowest BCUT2D eigenvalue weighted by Gasteiger charge is -2.18. The molecule has 3 N–H and O–H groups in total. The molecule has 0 fully saturated rings. The van der Waals surface area contributed by atoms with Gasteiger partial charge in [0.1, 0.15) is 22.5 Å². The van der Waals surface area contributed by atoms with E-state index >= 15 is 0 Å². The van der Waals surface area contributed by atoms with Gasteiger partial charge in [-0.2, -0.15) is 0 Å². The highest BCUT2D eigenvalue weighted by molar-refractivity contribution is 8.00. The summed E-state index contributed by atoms with van der Waals surface area (Å²) in [6, 6.07) is 46.3. The zero-order valence-corrected chi connectivity index (χ0v) is 27.4. The SMILES string of the molecule is Cc1ccccc1NC(=O)[C@H](Sc1ccc(NC(=O)/C(=C\c2ccc(-c3ccccc3)o2)NC(=O)c2ccccc2)cc1)c1ccccc1. The van der Waals surface area contributed by atoms with Crippen molar-refractivity contribution in [2.24, 2.45) is 0 Å². The number of rotatable bonds is 11. The van der Waals surface area contributed by atoms with E-state index in [9.17, 15) is 14.4 Å². The highest BCUT2D eigenvalue weighted by Gasteiger charge is 2.23. The van der Waals surface area contributed by atoms with Crippen molar-refractivity contribution in [2.75, 3.05) is 10.6 Å². The maximum atomic E-state index is 13.6. The van der Waals surface area contributed by atoms with Crippen molar-refractivity contribution in [3.63, 3.8) is 0 Å². The molecule has 49 heavy (non-hydrogen) atoms. The second kappa shape index (κ2) is 15.6. The summed E-state index contributed by atoms with van der Waals surface area (Å²) in [6.07, 6.45) is 1.50. The van der Waals surface area contributed by atoms with Crippen molar-refractivity contribution in [1.82, 2.24) is 5.32 Å². The van der Waals surface area contributed by atoms with Gasteiger partial charge in [-0.15, -0.1) is 11.8 Å².